The molecule has 1 aliphatic heterocycles. The molecule has 9 nitrogen and oxygen atoms in total. The fourth-order valence-corrected chi connectivity index (χ4v) is 2.72. The van der Waals surface area contributed by atoms with Crippen molar-refractivity contribution >= 4 is 17.9 Å². The molecule has 0 radical (unpaired) electrons. The fraction of sp³-hybridized carbons (Fsp3) is 0.529. The first-order valence-electron chi connectivity index (χ1n) is 8.07. The van der Waals surface area contributed by atoms with Gasteiger partial charge in [0.25, 0.3) is 0 Å². The molecule has 26 heavy (non-hydrogen) atoms. The van der Waals surface area contributed by atoms with Gasteiger partial charge in [-0.1, -0.05) is 6.07 Å². The number of rotatable bonds is 6. The van der Waals surface area contributed by atoms with Crippen LogP contribution in [-0.4, -0.2) is 67.4 Å². The first-order chi connectivity index (χ1) is 12.0. The molecule has 1 aromatic rings. The normalized spacial score (nSPS) is 17.3. The first kappa shape index (κ1) is 21.5. The van der Waals surface area contributed by atoms with Crippen LogP contribution in [0.15, 0.2) is 18.3 Å². The van der Waals surface area contributed by atoms with E-state index in [9.17, 15) is 14.4 Å². The summed E-state index contributed by atoms with van der Waals surface area (Å²) < 4.78 is 0. The Morgan fingerprint density at radius 2 is 1.77 bits per heavy atom. The van der Waals surface area contributed by atoms with Gasteiger partial charge in [-0.05, 0) is 45.0 Å². The Hall–Kier alpha value is -2.52. The summed E-state index contributed by atoms with van der Waals surface area (Å²) in [6.45, 7) is 3.25. The number of carboxylic acids is 3. The van der Waals surface area contributed by atoms with Crippen LogP contribution in [0.4, 0.5) is 0 Å². The molecule has 1 saturated heterocycles. The summed E-state index contributed by atoms with van der Waals surface area (Å²) in [5.74, 6) is -5.02. The molecule has 0 amide bonds. The lowest BCUT2D eigenvalue weighted by atomic mass is 9.96. The van der Waals surface area contributed by atoms with Crippen molar-refractivity contribution in [1.82, 2.24) is 9.88 Å². The highest BCUT2D eigenvalue weighted by Crippen LogP contribution is 2.29. The minimum absolute atomic E-state index is 0.605. The van der Waals surface area contributed by atoms with Gasteiger partial charge in [0.05, 0.1) is 12.8 Å². The molecule has 0 aliphatic carbocycles. The number of likely N-dealkylation sites (tertiary alicyclic amines) is 1. The van der Waals surface area contributed by atoms with Crippen molar-refractivity contribution in [1.29, 1.82) is 0 Å². The maximum absolute atomic E-state index is 10.3. The standard InChI is InChI=1S/C11H16N2.C6H8O7/c1-9-5-6-10(8-12-9)11-4-3-7-13(11)2;7-3(8)1-6(13,5(11)12)2-4(9)10/h5-6,8,11H,3-4,7H2,1-2H3;13H,1-2H2,(H,7,8)(H,9,10)(H,11,12). The van der Waals surface area contributed by atoms with Crippen molar-refractivity contribution in [3.8, 4) is 0 Å². The largest absolute Gasteiger partial charge is 0.481 e. The van der Waals surface area contributed by atoms with Crippen LogP contribution in [0, 0.1) is 6.92 Å². The number of aliphatic carboxylic acids is 3. The number of hydrogen-bond acceptors (Lipinski definition) is 6. The molecule has 1 aliphatic rings. The summed E-state index contributed by atoms with van der Waals surface area (Å²) >= 11 is 0. The SMILES string of the molecule is Cc1ccc(C2CCCN2C)cn1.O=C(O)CC(O)(CC(=O)O)C(=O)O. The van der Waals surface area contributed by atoms with Crippen LogP contribution in [-0.2, 0) is 14.4 Å². The minimum Gasteiger partial charge on any atom is -0.481 e. The molecule has 144 valence electrons. The van der Waals surface area contributed by atoms with E-state index < -0.39 is 36.4 Å². The van der Waals surface area contributed by atoms with Gasteiger partial charge in [0, 0.05) is 17.9 Å². The zero-order valence-electron chi connectivity index (χ0n) is 14.8. The fourth-order valence-electron chi connectivity index (χ4n) is 2.72. The maximum Gasteiger partial charge on any atom is 0.336 e. The van der Waals surface area contributed by atoms with Crippen molar-refractivity contribution in [2.75, 3.05) is 13.6 Å². The van der Waals surface area contributed by atoms with E-state index in [-0.39, 0.29) is 0 Å². The van der Waals surface area contributed by atoms with Crippen LogP contribution in [0.25, 0.3) is 0 Å². The van der Waals surface area contributed by atoms with E-state index in [1.807, 2.05) is 13.1 Å². The van der Waals surface area contributed by atoms with Crippen molar-refractivity contribution in [2.45, 2.75) is 44.2 Å². The number of hydrogen-bond donors (Lipinski definition) is 4. The van der Waals surface area contributed by atoms with E-state index in [0.29, 0.717) is 6.04 Å². The summed E-state index contributed by atoms with van der Waals surface area (Å²) in [6, 6.07) is 4.91. The quantitative estimate of drug-likeness (QED) is 0.575. The second-order valence-electron chi connectivity index (χ2n) is 6.35. The van der Waals surface area contributed by atoms with Crippen LogP contribution < -0.4 is 0 Å². The third-order valence-electron chi connectivity index (χ3n) is 4.12. The molecule has 1 unspecified atom stereocenters. The van der Waals surface area contributed by atoms with Gasteiger partial charge in [0.15, 0.2) is 5.60 Å². The molecule has 4 N–H and O–H groups in total. The van der Waals surface area contributed by atoms with E-state index in [0.717, 1.165) is 5.69 Å². The molecule has 2 heterocycles. The topological polar surface area (TPSA) is 148 Å². The highest BCUT2D eigenvalue weighted by atomic mass is 16.4. The average molecular weight is 368 g/mol. The summed E-state index contributed by atoms with van der Waals surface area (Å²) in [4.78, 5) is 37.2. The number of aryl methyl sites for hydroxylation is 1. The summed E-state index contributed by atoms with van der Waals surface area (Å²) in [7, 11) is 2.19. The number of carbonyl (C=O) groups is 3. The lowest BCUT2D eigenvalue weighted by molar-refractivity contribution is -0.170. The molecule has 1 aromatic heterocycles. The summed E-state index contributed by atoms with van der Waals surface area (Å²) in [5, 5.41) is 33.8. The van der Waals surface area contributed by atoms with Gasteiger partial charge >= 0.3 is 17.9 Å². The Bertz CT molecular complexity index is 629. The molecular formula is C17H24N2O7. The maximum atomic E-state index is 10.3. The lowest BCUT2D eigenvalue weighted by Gasteiger charge is -2.19. The molecule has 2 rings (SSSR count). The number of pyridine rings is 1. The third-order valence-corrected chi connectivity index (χ3v) is 4.12. The molecule has 0 aromatic carbocycles. The van der Waals surface area contributed by atoms with E-state index >= 15 is 0 Å². The Labute approximate surface area is 150 Å². The molecule has 1 fully saturated rings. The van der Waals surface area contributed by atoms with Gasteiger partial charge < -0.3 is 20.4 Å². The van der Waals surface area contributed by atoms with Gasteiger partial charge in [-0.3, -0.25) is 19.5 Å². The van der Waals surface area contributed by atoms with E-state index in [1.165, 1.54) is 24.9 Å². The molecule has 0 bridgehead atoms. The van der Waals surface area contributed by atoms with Crippen LogP contribution in [0.1, 0.15) is 43.0 Å². The smallest absolute Gasteiger partial charge is 0.336 e. The zero-order valence-corrected chi connectivity index (χ0v) is 14.8. The highest BCUT2D eigenvalue weighted by Gasteiger charge is 2.40. The number of carboxylic acid groups (broad SMARTS) is 3. The number of aromatic nitrogens is 1. The van der Waals surface area contributed by atoms with Crippen LogP contribution >= 0.6 is 0 Å². The van der Waals surface area contributed by atoms with Gasteiger partial charge in [0.1, 0.15) is 0 Å². The number of aliphatic hydroxyl groups is 1. The van der Waals surface area contributed by atoms with Crippen molar-refractivity contribution in [3.05, 3.63) is 29.6 Å². The second kappa shape index (κ2) is 9.25. The molecule has 9 heteroatoms. The van der Waals surface area contributed by atoms with Gasteiger partial charge in [-0.15, -0.1) is 0 Å². The molecule has 0 spiro atoms. The van der Waals surface area contributed by atoms with Gasteiger partial charge in [-0.2, -0.15) is 0 Å². The van der Waals surface area contributed by atoms with Crippen molar-refractivity contribution in [3.63, 3.8) is 0 Å². The van der Waals surface area contributed by atoms with Gasteiger partial charge in [0.2, 0.25) is 0 Å². The average Bonchev–Trinajstić information content (AvgIpc) is 2.93. The van der Waals surface area contributed by atoms with Crippen LogP contribution in [0.2, 0.25) is 0 Å². The Morgan fingerprint density at radius 3 is 2.12 bits per heavy atom. The predicted molar refractivity (Wildman–Crippen MR) is 90.7 cm³/mol. The van der Waals surface area contributed by atoms with Crippen LogP contribution in [0.3, 0.4) is 0 Å². The molecular weight excluding hydrogens is 344 g/mol. The van der Waals surface area contributed by atoms with Crippen molar-refractivity contribution < 1.29 is 34.8 Å². The summed E-state index contributed by atoms with van der Waals surface area (Å²) in [6.07, 6.45) is 2.32. The monoisotopic (exact) mass is 368 g/mol. The van der Waals surface area contributed by atoms with Gasteiger partial charge in [-0.25, -0.2) is 4.79 Å². The minimum atomic E-state index is -2.74. The second-order valence-corrected chi connectivity index (χ2v) is 6.35. The number of nitrogens with zero attached hydrogens (tertiary/aromatic N) is 2. The van der Waals surface area contributed by atoms with E-state index in [4.69, 9.17) is 20.4 Å². The van der Waals surface area contributed by atoms with E-state index in [2.05, 4.69) is 29.1 Å². The first-order valence-corrected chi connectivity index (χ1v) is 8.07. The predicted octanol–water partition coefficient (Wildman–Crippen LogP) is 0.908. The van der Waals surface area contributed by atoms with E-state index in [1.54, 1.807) is 0 Å². The Balaban J connectivity index is 0.000000260. The summed E-state index contributed by atoms with van der Waals surface area (Å²) in [5.41, 5.74) is -0.271. The Kier molecular flexibility index (Phi) is 7.66. The van der Waals surface area contributed by atoms with Crippen LogP contribution in [0.5, 0.6) is 0 Å². The Morgan fingerprint density at radius 1 is 1.19 bits per heavy atom. The molecule has 1 atom stereocenters. The lowest BCUT2D eigenvalue weighted by Crippen LogP contribution is -2.42. The van der Waals surface area contributed by atoms with Crippen molar-refractivity contribution in [2.24, 2.45) is 0 Å². The zero-order chi connectivity index (χ0) is 19.9. The third kappa shape index (κ3) is 6.41. The highest BCUT2D eigenvalue weighted by molar-refractivity contribution is 5.88. The molecule has 0 saturated carbocycles.